The van der Waals surface area contributed by atoms with Gasteiger partial charge in [0.05, 0.1) is 10.6 Å². The van der Waals surface area contributed by atoms with Crippen LogP contribution in [0.15, 0.2) is 65.6 Å². The third kappa shape index (κ3) is 5.29. The fraction of sp³-hybridized carbons (Fsp3) is 0.261. The first-order chi connectivity index (χ1) is 15.9. The van der Waals surface area contributed by atoms with Crippen LogP contribution in [0.3, 0.4) is 0 Å². The Morgan fingerprint density at radius 2 is 1.48 bits per heavy atom. The number of carbonyl (C=O) groups is 2. The molecular formula is C23H25N5O4S. The first-order valence-corrected chi connectivity index (χ1v) is 12.2. The van der Waals surface area contributed by atoms with E-state index in [9.17, 15) is 18.0 Å². The van der Waals surface area contributed by atoms with Gasteiger partial charge in [-0.3, -0.25) is 25.5 Å². The number of rotatable bonds is 5. The lowest BCUT2D eigenvalue weighted by molar-refractivity contribution is 0.0844. The second-order valence-corrected chi connectivity index (χ2v) is 9.72. The van der Waals surface area contributed by atoms with E-state index in [1.54, 1.807) is 6.07 Å². The van der Waals surface area contributed by atoms with Crippen molar-refractivity contribution < 1.29 is 18.0 Å². The number of aromatic nitrogens is 2. The first kappa shape index (κ1) is 22.7. The second-order valence-electron chi connectivity index (χ2n) is 7.78. The maximum Gasteiger partial charge on any atom is 0.287 e. The van der Waals surface area contributed by atoms with Crippen LogP contribution in [0.2, 0.25) is 0 Å². The summed E-state index contributed by atoms with van der Waals surface area (Å²) < 4.78 is 27.2. The Bertz CT molecular complexity index is 1220. The summed E-state index contributed by atoms with van der Waals surface area (Å²) in [6, 6.07) is 16.6. The SMILES string of the molecule is O=C(NNC(=O)c1cc(-c2ccccc2)n[nH]1)c1ccc(S(=O)(=O)N2CCCCCC2)cc1. The standard InChI is InChI=1S/C23H25N5O4S/c29-22(26-27-23(30)21-16-20(24-25-21)17-8-4-3-5-9-17)18-10-12-19(13-11-18)33(31,32)28-14-6-1-2-7-15-28/h3-5,8-13,16H,1-2,6-7,14-15H2,(H,24,25)(H,26,29)(H,27,30). The molecule has 0 aliphatic carbocycles. The highest BCUT2D eigenvalue weighted by Gasteiger charge is 2.25. The average molecular weight is 468 g/mol. The molecule has 0 unspecified atom stereocenters. The third-order valence-electron chi connectivity index (χ3n) is 5.50. The fourth-order valence-corrected chi connectivity index (χ4v) is 5.17. The summed E-state index contributed by atoms with van der Waals surface area (Å²) in [4.78, 5) is 24.9. The fourth-order valence-electron chi connectivity index (χ4n) is 3.66. The highest BCUT2D eigenvalue weighted by molar-refractivity contribution is 7.89. The average Bonchev–Trinajstić information content (AvgIpc) is 3.17. The minimum atomic E-state index is -3.59. The van der Waals surface area contributed by atoms with Crippen LogP contribution < -0.4 is 10.9 Å². The Morgan fingerprint density at radius 1 is 0.848 bits per heavy atom. The molecule has 2 amide bonds. The van der Waals surface area contributed by atoms with Gasteiger partial charge in [0.15, 0.2) is 0 Å². The van der Waals surface area contributed by atoms with Gasteiger partial charge in [-0.1, -0.05) is 43.2 Å². The monoisotopic (exact) mass is 467 g/mol. The molecule has 33 heavy (non-hydrogen) atoms. The van der Waals surface area contributed by atoms with Gasteiger partial charge in [-0.25, -0.2) is 8.42 Å². The predicted octanol–water partition coefficient (Wildman–Crippen LogP) is 2.72. The molecule has 172 valence electrons. The Kier molecular flexibility index (Phi) is 6.85. The van der Waals surface area contributed by atoms with Crippen LogP contribution in [0.5, 0.6) is 0 Å². The van der Waals surface area contributed by atoms with Gasteiger partial charge in [0, 0.05) is 24.2 Å². The van der Waals surface area contributed by atoms with E-state index in [2.05, 4.69) is 21.0 Å². The van der Waals surface area contributed by atoms with Gasteiger partial charge < -0.3 is 0 Å². The van der Waals surface area contributed by atoms with E-state index in [1.807, 2.05) is 30.3 Å². The van der Waals surface area contributed by atoms with Gasteiger partial charge in [-0.15, -0.1) is 0 Å². The molecule has 9 nitrogen and oxygen atoms in total. The van der Waals surface area contributed by atoms with E-state index >= 15 is 0 Å². The largest absolute Gasteiger partial charge is 0.287 e. The third-order valence-corrected chi connectivity index (χ3v) is 7.41. The molecule has 0 radical (unpaired) electrons. The topological polar surface area (TPSA) is 124 Å². The molecule has 1 saturated heterocycles. The van der Waals surface area contributed by atoms with Crippen molar-refractivity contribution in [3.63, 3.8) is 0 Å². The van der Waals surface area contributed by atoms with Crippen molar-refractivity contribution in [3.05, 3.63) is 71.9 Å². The Morgan fingerprint density at radius 3 is 2.15 bits per heavy atom. The molecule has 1 fully saturated rings. The first-order valence-electron chi connectivity index (χ1n) is 10.8. The van der Waals surface area contributed by atoms with Gasteiger partial charge in [0.25, 0.3) is 11.8 Å². The molecule has 3 aromatic rings. The summed E-state index contributed by atoms with van der Waals surface area (Å²) in [7, 11) is -3.59. The molecule has 2 aromatic carbocycles. The lowest BCUT2D eigenvalue weighted by Gasteiger charge is -2.20. The van der Waals surface area contributed by atoms with E-state index in [0.29, 0.717) is 18.8 Å². The van der Waals surface area contributed by atoms with E-state index in [1.165, 1.54) is 28.6 Å². The lowest BCUT2D eigenvalue weighted by atomic mass is 10.1. The zero-order chi connectivity index (χ0) is 23.3. The Balaban J connectivity index is 1.36. The smallest absolute Gasteiger partial charge is 0.272 e. The number of hydrogen-bond donors (Lipinski definition) is 3. The highest BCUT2D eigenvalue weighted by Crippen LogP contribution is 2.21. The molecule has 2 heterocycles. The molecule has 0 atom stereocenters. The number of H-pyrrole nitrogens is 1. The van der Waals surface area contributed by atoms with Crippen molar-refractivity contribution in [1.82, 2.24) is 25.4 Å². The van der Waals surface area contributed by atoms with Crippen LogP contribution in [0, 0.1) is 0 Å². The van der Waals surface area contributed by atoms with Crippen LogP contribution >= 0.6 is 0 Å². The predicted molar refractivity (Wildman–Crippen MR) is 123 cm³/mol. The molecule has 3 N–H and O–H groups in total. The number of hydrogen-bond acceptors (Lipinski definition) is 5. The molecule has 4 rings (SSSR count). The van der Waals surface area contributed by atoms with E-state index < -0.39 is 21.8 Å². The molecule has 0 saturated carbocycles. The van der Waals surface area contributed by atoms with Crippen molar-refractivity contribution in [2.75, 3.05) is 13.1 Å². The minimum absolute atomic E-state index is 0.149. The number of amides is 2. The number of benzene rings is 2. The molecule has 0 spiro atoms. The van der Waals surface area contributed by atoms with E-state index in [0.717, 1.165) is 31.2 Å². The summed E-state index contributed by atoms with van der Waals surface area (Å²) in [6.07, 6.45) is 3.76. The van der Waals surface area contributed by atoms with Crippen molar-refractivity contribution in [2.45, 2.75) is 30.6 Å². The number of aromatic amines is 1. The zero-order valence-corrected chi connectivity index (χ0v) is 18.8. The van der Waals surface area contributed by atoms with E-state index in [-0.39, 0.29) is 16.2 Å². The summed E-state index contributed by atoms with van der Waals surface area (Å²) in [5.41, 5.74) is 6.53. The van der Waals surface area contributed by atoms with Crippen LogP contribution in [-0.2, 0) is 10.0 Å². The Labute approximate surface area is 192 Å². The van der Waals surface area contributed by atoms with Crippen molar-refractivity contribution in [3.8, 4) is 11.3 Å². The van der Waals surface area contributed by atoms with Gasteiger partial charge in [-0.05, 0) is 43.2 Å². The van der Waals surface area contributed by atoms with E-state index in [4.69, 9.17) is 0 Å². The Hall–Kier alpha value is -3.50. The molecular weight excluding hydrogens is 442 g/mol. The van der Waals surface area contributed by atoms with Crippen LogP contribution in [0.25, 0.3) is 11.3 Å². The normalized spacial score (nSPS) is 14.9. The molecule has 0 bridgehead atoms. The van der Waals surface area contributed by atoms with Crippen LogP contribution in [-0.4, -0.2) is 47.8 Å². The zero-order valence-electron chi connectivity index (χ0n) is 18.0. The highest BCUT2D eigenvalue weighted by atomic mass is 32.2. The summed E-state index contributed by atoms with van der Waals surface area (Å²) in [6.45, 7) is 1.02. The molecule has 1 aliphatic heterocycles. The maximum atomic E-state index is 12.9. The second kappa shape index (κ2) is 9.97. The molecule has 10 heteroatoms. The summed E-state index contributed by atoms with van der Waals surface area (Å²) in [5, 5.41) is 6.75. The maximum absolute atomic E-state index is 12.9. The number of nitrogens with zero attached hydrogens (tertiary/aromatic N) is 2. The quantitative estimate of drug-likeness (QED) is 0.498. The van der Waals surface area contributed by atoms with Gasteiger partial charge >= 0.3 is 0 Å². The number of hydrazine groups is 1. The van der Waals surface area contributed by atoms with Gasteiger partial charge in [0.1, 0.15) is 5.69 Å². The molecule has 1 aromatic heterocycles. The number of nitrogens with one attached hydrogen (secondary N) is 3. The molecule has 1 aliphatic rings. The van der Waals surface area contributed by atoms with Gasteiger partial charge in [-0.2, -0.15) is 9.40 Å². The number of carbonyl (C=O) groups excluding carboxylic acids is 2. The minimum Gasteiger partial charge on any atom is -0.272 e. The summed E-state index contributed by atoms with van der Waals surface area (Å²) >= 11 is 0. The van der Waals surface area contributed by atoms with Crippen LogP contribution in [0.1, 0.15) is 46.5 Å². The summed E-state index contributed by atoms with van der Waals surface area (Å²) in [5.74, 6) is -1.12. The van der Waals surface area contributed by atoms with Crippen molar-refractivity contribution in [1.29, 1.82) is 0 Å². The van der Waals surface area contributed by atoms with Gasteiger partial charge in [0.2, 0.25) is 10.0 Å². The van der Waals surface area contributed by atoms with Crippen molar-refractivity contribution >= 4 is 21.8 Å². The lowest BCUT2D eigenvalue weighted by Crippen LogP contribution is -2.41. The van der Waals surface area contributed by atoms with Crippen molar-refractivity contribution in [2.24, 2.45) is 0 Å². The van der Waals surface area contributed by atoms with Crippen LogP contribution in [0.4, 0.5) is 0 Å². The number of sulfonamides is 1.